The fraction of sp³-hybridized carbons (Fsp3) is 0.125. The molecule has 0 radical (unpaired) electrons. The Kier molecular flexibility index (Phi) is 8.56. The molecule has 0 fully saturated rings. The number of rotatable bonds is 7. The van der Waals surface area contributed by atoms with Gasteiger partial charge in [0.1, 0.15) is 6.04 Å². The Balaban J connectivity index is 1.52. The molecular weight excluding hydrogens is 638 g/mol. The molecule has 0 saturated heterocycles. The predicted molar refractivity (Wildman–Crippen MR) is 193 cm³/mol. The van der Waals surface area contributed by atoms with Gasteiger partial charge in [-0.25, -0.2) is 9.79 Å². The van der Waals surface area contributed by atoms with Crippen LogP contribution in [0, 0.1) is 6.92 Å². The normalized spacial score (nSPS) is 14.5. The smallest absolute Gasteiger partial charge is 0.338 e. The van der Waals surface area contributed by atoms with Gasteiger partial charge in [0.15, 0.2) is 4.80 Å². The van der Waals surface area contributed by atoms with Crippen molar-refractivity contribution in [3.63, 3.8) is 0 Å². The summed E-state index contributed by atoms with van der Waals surface area (Å²) >= 11 is 8.01. The number of allylic oxidation sites excluding steroid dienone is 1. The Morgan fingerprint density at radius 2 is 1.54 bits per heavy atom. The summed E-state index contributed by atoms with van der Waals surface area (Å²) in [5, 5.41) is 0.447. The van der Waals surface area contributed by atoms with Crippen molar-refractivity contribution in [1.29, 1.82) is 0 Å². The Bertz CT molecular complexity index is 2370. The van der Waals surface area contributed by atoms with Crippen molar-refractivity contribution in [3.8, 4) is 28.2 Å². The van der Waals surface area contributed by atoms with Gasteiger partial charge >= 0.3 is 5.97 Å². The van der Waals surface area contributed by atoms with Crippen LogP contribution in [0.3, 0.4) is 0 Å². The second kappa shape index (κ2) is 13.1. The zero-order valence-corrected chi connectivity index (χ0v) is 28.3. The van der Waals surface area contributed by atoms with E-state index in [4.69, 9.17) is 21.3 Å². The molecule has 0 N–H and O–H groups in total. The zero-order valence-electron chi connectivity index (χ0n) is 26.7. The summed E-state index contributed by atoms with van der Waals surface area (Å²) in [6.45, 7) is 5.80. The molecule has 4 aromatic carbocycles. The summed E-state index contributed by atoms with van der Waals surface area (Å²) < 4.78 is 9.77. The molecule has 2 aromatic heterocycles. The number of carbonyl (C=O) groups excluding carboxylic acids is 1. The number of hydrogen-bond donors (Lipinski definition) is 0. The van der Waals surface area contributed by atoms with Crippen molar-refractivity contribution < 1.29 is 9.53 Å². The number of esters is 1. The van der Waals surface area contributed by atoms with E-state index in [9.17, 15) is 9.59 Å². The minimum absolute atomic E-state index is 0.194. The number of aromatic nitrogens is 2. The van der Waals surface area contributed by atoms with Crippen molar-refractivity contribution in [2.24, 2.45) is 4.99 Å². The van der Waals surface area contributed by atoms with Gasteiger partial charge in [0.25, 0.3) is 5.56 Å². The summed E-state index contributed by atoms with van der Waals surface area (Å²) in [5.41, 5.74) is 8.21. The lowest BCUT2D eigenvalue weighted by molar-refractivity contribution is -0.139. The van der Waals surface area contributed by atoms with Crippen molar-refractivity contribution in [3.05, 3.63) is 168 Å². The van der Waals surface area contributed by atoms with E-state index in [1.807, 2.05) is 60.7 Å². The van der Waals surface area contributed by atoms with Crippen molar-refractivity contribution in [2.45, 2.75) is 26.8 Å². The topological polar surface area (TPSA) is 65.6 Å². The predicted octanol–water partition coefficient (Wildman–Crippen LogP) is 7.88. The molecule has 8 heteroatoms. The van der Waals surface area contributed by atoms with Gasteiger partial charge < -0.3 is 9.30 Å². The summed E-state index contributed by atoms with van der Waals surface area (Å²) in [6, 6.07) is 37.5. The minimum Gasteiger partial charge on any atom is -0.463 e. The lowest BCUT2D eigenvalue weighted by Gasteiger charge is -2.25. The van der Waals surface area contributed by atoms with Crippen molar-refractivity contribution in [2.75, 3.05) is 6.61 Å². The van der Waals surface area contributed by atoms with Gasteiger partial charge in [-0.3, -0.25) is 9.36 Å². The number of aryl methyl sites for hydroxylation is 1. The third kappa shape index (κ3) is 5.65. The first kappa shape index (κ1) is 31.4. The highest BCUT2D eigenvalue weighted by molar-refractivity contribution is 7.07. The lowest BCUT2D eigenvalue weighted by Crippen LogP contribution is -2.40. The van der Waals surface area contributed by atoms with Gasteiger partial charge in [-0.05, 0) is 67.8 Å². The fourth-order valence-electron chi connectivity index (χ4n) is 6.24. The molecule has 0 saturated carbocycles. The van der Waals surface area contributed by atoms with Crippen LogP contribution >= 0.6 is 22.9 Å². The van der Waals surface area contributed by atoms with Crippen LogP contribution in [0.25, 0.3) is 34.3 Å². The Morgan fingerprint density at radius 1 is 0.896 bits per heavy atom. The van der Waals surface area contributed by atoms with E-state index in [1.54, 1.807) is 24.5 Å². The van der Waals surface area contributed by atoms with Gasteiger partial charge in [-0.2, -0.15) is 0 Å². The Hall–Kier alpha value is -5.24. The molecule has 6 nitrogen and oxygen atoms in total. The van der Waals surface area contributed by atoms with Crippen LogP contribution in [0.15, 0.2) is 136 Å². The highest BCUT2D eigenvalue weighted by atomic mass is 35.5. The molecule has 7 rings (SSSR count). The highest BCUT2D eigenvalue weighted by Crippen LogP contribution is 2.37. The van der Waals surface area contributed by atoms with Gasteiger partial charge in [0, 0.05) is 16.3 Å². The molecular formula is C40H32ClN3O3S. The molecule has 238 valence electrons. The highest BCUT2D eigenvalue weighted by Gasteiger charge is 2.34. The maximum atomic E-state index is 14.5. The maximum Gasteiger partial charge on any atom is 0.338 e. The van der Waals surface area contributed by atoms with Crippen molar-refractivity contribution >= 4 is 35.0 Å². The van der Waals surface area contributed by atoms with E-state index in [2.05, 4.69) is 66.1 Å². The number of nitrogens with zero attached hydrogens (tertiary/aromatic N) is 3. The van der Waals surface area contributed by atoms with E-state index in [-0.39, 0.29) is 12.2 Å². The average molecular weight is 670 g/mol. The molecule has 1 atom stereocenters. The van der Waals surface area contributed by atoms with Crippen LogP contribution in [0.4, 0.5) is 0 Å². The van der Waals surface area contributed by atoms with Crippen LogP contribution in [0.5, 0.6) is 0 Å². The van der Waals surface area contributed by atoms with Crippen LogP contribution in [-0.2, 0) is 9.53 Å². The number of thiazole rings is 1. The minimum atomic E-state index is -0.790. The molecule has 0 amide bonds. The first-order valence-electron chi connectivity index (χ1n) is 15.7. The summed E-state index contributed by atoms with van der Waals surface area (Å²) in [6.07, 6.45) is 1.94. The second-order valence-corrected chi connectivity index (χ2v) is 13.0. The Morgan fingerprint density at radius 3 is 2.21 bits per heavy atom. The molecule has 1 aliphatic heterocycles. The zero-order chi connectivity index (χ0) is 33.4. The number of ether oxygens (including phenoxy) is 1. The van der Waals surface area contributed by atoms with Gasteiger partial charge in [0.05, 0.1) is 33.8 Å². The molecule has 0 unspecified atom stereocenters. The molecule has 0 aliphatic carbocycles. The molecule has 6 aromatic rings. The molecule has 0 bridgehead atoms. The van der Waals surface area contributed by atoms with Crippen LogP contribution < -0.4 is 14.9 Å². The molecule has 48 heavy (non-hydrogen) atoms. The van der Waals surface area contributed by atoms with E-state index in [0.717, 1.165) is 33.8 Å². The molecule has 3 heterocycles. The Labute approximate surface area is 287 Å². The van der Waals surface area contributed by atoms with Crippen LogP contribution in [0.2, 0.25) is 5.02 Å². The first-order chi connectivity index (χ1) is 23.4. The standard InChI is InChI=1S/C40H32ClN3O3S/c1-4-47-39(46)35-26(3)42-40-44(37(35)31-17-11-12-18-32(31)41)38(45)34(48-40)24-29-23-33(27-13-7-5-8-14-27)43(30-21-19-25(2)20-22-30)36(29)28-15-9-6-10-16-28/h5-24,37H,4H2,1-3H3/b34-24-/t37-/m0/s1. The summed E-state index contributed by atoms with van der Waals surface area (Å²) in [7, 11) is 0. The largest absolute Gasteiger partial charge is 0.463 e. The number of hydrogen-bond acceptors (Lipinski definition) is 5. The second-order valence-electron chi connectivity index (χ2n) is 11.6. The van der Waals surface area contributed by atoms with Crippen LogP contribution in [0.1, 0.15) is 36.6 Å². The third-order valence-electron chi connectivity index (χ3n) is 8.44. The quantitative estimate of drug-likeness (QED) is 0.163. The van der Waals surface area contributed by atoms with Crippen molar-refractivity contribution in [1.82, 2.24) is 9.13 Å². The average Bonchev–Trinajstić information content (AvgIpc) is 3.62. The number of fused-ring (bicyclic) bond motifs is 1. The van der Waals surface area contributed by atoms with E-state index >= 15 is 0 Å². The molecule has 1 aliphatic rings. The van der Waals surface area contributed by atoms with E-state index in [1.165, 1.54) is 16.9 Å². The molecule has 0 spiro atoms. The van der Waals surface area contributed by atoms with Gasteiger partial charge in [-0.15, -0.1) is 0 Å². The maximum absolute atomic E-state index is 14.5. The monoisotopic (exact) mass is 669 g/mol. The van der Waals surface area contributed by atoms with Gasteiger partial charge in [0.2, 0.25) is 0 Å². The van der Waals surface area contributed by atoms with E-state index in [0.29, 0.717) is 31.2 Å². The first-order valence-corrected chi connectivity index (χ1v) is 16.9. The SMILES string of the molecule is CCOC(=O)C1=C(C)N=c2s/c(=C\c3cc(-c4ccccc4)n(-c4ccc(C)cc4)c3-c3ccccc3)c(=O)n2[C@H]1c1ccccc1Cl. The number of carbonyl (C=O) groups is 1. The van der Waals surface area contributed by atoms with Gasteiger partial charge in [-0.1, -0.05) is 119 Å². The number of benzene rings is 4. The summed E-state index contributed by atoms with van der Waals surface area (Å²) in [4.78, 5) is 33.1. The third-order valence-corrected chi connectivity index (χ3v) is 9.77. The van der Waals surface area contributed by atoms with Crippen LogP contribution in [-0.4, -0.2) is 21.7 Å². The number of halogens is 1. The lowest BCUT2D eigenvalue weighted by atomic mass is 9.96. The summed E-state index contributed by atoms with van der Waals surface area (Å²) in [5.74, 6) is -0.521. The fourth-order valence-corrected chi connectivity index (χ4v) is 7.52. The van der Waals surface area contributed by atoms with E-state index < -0.39 is 12.0 Å².